The molecule has 2 amide bonds. The highest BCUT2D eigenvalue weighted by molar-refractivity contribution is 6.08. The third-order valence-electron chi connectivity index (χ3n) is 5.55. The molecule has 3 aliphatic heterocycles. The lowest BCUT2D eigenvalue weighted by Gasteiger charge is -2.36. The van der Waals surface area contributed by atoms with Gasteiger partial charge in [0, 0.05) is 19.6 Å². The summed E-state index contributed by atoms with van der Waals surface area (Å²) in [6.07, 6.45) is 0.806. The molecule has 2 fully saturated rings. The van der Waals surface area contributed by atoms with E-state index in [0.29, 0.717) is 6.54 Å². The molecule has 0 spiro atoms. The van der Waals surface area contributed by atoms with Crippen molar-refractivity contribution in [3.63, 3.8) is 0 Å². The summed E-state index contributed by atoms with van der Waals surface area (Å²) in [5, 5.41) is 0. The lowest BCUT2D eigenvalue weighted by molar-refractivity contribution is -0.154. The molecule has 1 aromatic rings. The Balaban J connectivity index is 1.84. The van der Waals surface area contributed by atoms with E-state index in [4.69, 9.17) is 4.74 Å². The lowest BCUT2D eigenvalue weighted by atomic mass is 9.83. The van der Waals surface area contributed by atoms with Gasteiger partial charge in [-0.3, -0.25) is 24.2 Å². The fraction of sp³-hybridized carbons (Fsp3) is 0.500. The second-order valence-electron chi connectivity index (χ2n) is 6.62. The first-order valence-corrected chi connectivity index (χ1v) is 8.37. The van der Waals surface area contributed by atoms with Crippen LogP contribution in [0.4, 0.5) is 0 Å². The monoisotopic (exact) mass is 328 g/mol. The number of imide groups is 1. The van der Waals surface area contributed by atoms with E-state index >= 15 is 0 Å². The number of ether oxygens (including phenoxy) is 1. The highest BCUT2D eigenvalue weighted by Gasteiger charge is 2.64. The van der Waals surface area contributed by atoms with Crippen LogP contribution in [0, 0.1) is 11.8 Å². The van der Waals surface area contributed by atoms with Gasteiger partial charge in [0.25, 0.3) is 0 Å². The Hall–Kier alpha value is -2.21. The number of benzene rings is 1. The van der Waals surface area contributed by atoms with Crippen molar-refractivity contribution in [3.05, 3.63) is 35.4 Å². The summed E-state index contributed by atoms with van der Waals surface area (Å²) < 4.78 is 5.23. The van der Waals surface area contributed by atoms with Crippen molar-refractivity contribution in [1.82, 2.24) is 9.80 Å². The van der Waals surface area contributed by atoms with E-state index in [1.165, 1.54) is 17.5 Å². The first-order chi connectivity index (χ1) is 11.6. The molecular weight excluding hydrogens is 308 g/mol. The Labute approximate surface area is 140 Å². The molecule has 4 rings (SSSR count). The maximum atomic E-state index is 12.7. The normalized spacial score (nSPS) is 31.7. The molecule has 4 atom stereocenters. The number of fused-ring (bicyclic) bond motifs is 5. The second-order valence-corrected chi connectivity index (χ2v) is 6.62. The van der Waals surface area contributed by atoms with Gasteiger partial charge in [-0.2, -0.15) is 0 Å². The first-order valence-electron chi connectivity index (χ1n) is 8.37. The minimum Gasteiger partial charge on any atom is -0.465 e. The predicted molar refractivity (Wildman–Crippen MR) is 84.8 cm³/mol. The molecule has 0 unspecified atom stereocenters. The number of rotatable bonds is 2. The zero-order valence-electron chi connectivity index (χ0n) is 13.8. The van der Waals surface area contributed by atoms with E-state index in [-0.39, 0.29) is 24.5 Å². The van der Waals surface area contributed by atoms with Gasteiger partial charge >= 0.3 is 5.97 Å². The minimum absolute atomic E-state index is 0.191. The number of nitrogens with zero attached hydrogens (tertiary/aromatic N) is 2. The number of esters is 1. The summed E-state index contributed by atoms with van der Waals surface area (Å²) in [5.41, 5.74) is 2.25. The smallest absolute Gasteiger partial charge is 0.324 e. The van der Waals surface area contributed by atoms with Crippen molar-refractivity contribution in [3.8, 4) is 0 Å². The summed E-state index contributed by atoms with van der Waals surface area (Å²) in [6, 6.07) is 7.10. The second kappa shape index (κ2) is 5.41. The predicted octanol–water partition coefficient (Wildman–Crippen LogP) is 0.762. The number of carbonyl (C=O) groups excluding carboxylic acids is 3. The molecule has 3 heterocycles. The van der Waals surface area contributed by atoms with Gasteiger partial charge in [0.05, 0.1) is 18.4 Å². The summed E-state index contributed by atoms with van der Waals surface area (Å²) in [7, 11) is 1.50. The summed E-state index contributed by atoms with van der Waals surface area (Å²) >= 11 is 0. The van der Waals surface area contributed by atoms with Crippen LogP contribution in [-0.4, -0.2) is 53.8 Å². The van der Waals surface area contributed by atoms with Gasteiger partial charge in [-0.25, -0.2) is 0 Å². The average molecular weight is 328 g/mol. The molecule has 1 aromatic carbocycles. The molecule has 0 radical (unpaired) electrons. The number of hydrogen-bond acceptors (Lipinski definition) is 5. The number of amides is 2. The zero-order chi connectivity index (χ0) is 17.0. The Morgan fingerprint density at radius 3 is 2.67 bits per heavy atom. The largest absolute Gasteiger partial charge is 0.465 e. The molecule has 0 N–H and O–H groups in total. The van der Waals surface area contributed by atoms with Crippen LogP contribution in [0.15, 0.2) is 24.3 Å². The molecule has 24 heavy (non-hydrogen) atoms. The van der Waals surface area contributed by atoms with E-state index in [0.717, 1.165) is 12.0 Å². The van der Waals surface area contributed by atoms with E-state index in [9.17, 15) is 14.4 Å². The third kappa shape index (κ3) is 1.89. The summed E-state index contributed by atoms with van der Waals surface area (Å²) in [6.45, 7) is 2.67. The Kier molecular flexibility index (Phi) is 3.46. The van der Waals surface area contributed by atoms with Gasteiger partial charge in [-0.15, -0.1) is 0 Å². The van der Waals surface area contributed by atoms with Crippen molar-refractivity contribution >= 4 is 17.8 Å². The van der Waals surface area contributed by atoms with Crippen LogP contribution in [0.1, 0.15) is 24.1 Å². The van der Waals surface area contributed by atoms with Crippen LogP contribution in [0.25, 0.3) is 0 Å². The van der Waals surface area contributed by atoms with E-state index in [2.05, 4.69) is 6.07 Å². The molecule has 6 nitrogen and oxygen atoms in total. The SMILES string of the molecule is CCOC(=O)[C@H]1[C@H]2C(=O)N(C)C(=O)[C@H]2[C@@H]2c3ccccc3CCN12. The number of likely N-dealkylation sites (tertiary alicyclic amines) is 1. The third-order valence-corrected chi connectivity index (χ3v) is 5.55. The molecule has 126 valence electrons. The molecule has 0 bridgehead atoms. The Morgan fingerprint density at radius 2 is 1.92 bits per heavy atom. The van der Waals surface area contributed by atoms with Crippen molar-refractivity contribution < 1.29 is 19.1 Å². The van der Waals surface area contributed by atoms with E-state index in [1.54, 1.807) is 6.92 Å². The molecule has 3 aliphatic rings. The first kappa shape index (κ1) is 15.3. The Morgan fingerprint density at radius 1 is 1.21 bits per heavy atom. The fourth-order valence-electron chi connectivity index (χ4n) is 4.57. The van der Waals surface area contributed by atoms with E-state index < -0.39 is 23.8 Å². The molecule has 0 aliphatic carbocycles. The zero-order valence-corrected chi connectivity index (χ0v) is 13.8. The molecule has 0 saturated carbocycles. The van der Waals surface area contributed by atoms with Crippen molar-refractivity contribution in [2.24, 2.45) is 11.8 Å². The summed E-state index contributed by atoms with van der Waals surface area (Å²) in [5.74, 6) is -2.00. The van der Waals surface area contributed by atoms with Crippen LogP contribution in [-0.2, 0) is 25.5 Å². The maximum absolute atomic E-state index is 12.7. The van der Waals surface area contributed by atoms with Crippen molar-refractivity contribution in [2.45, 2.75) is 25.4 Å². The quantitative estimate of drug-likeness (QED) is 0.592. The lowest BCUT2D eigenvalue weighted by Crippen LogP contribution is -2.47. The van der Waals surface area contributed by atoms with Gasteiger partial charge in [0.2, 0.25) is 11.8 Å². The summed E-state index contributed by atoms with van der Waals surface area (Å²) in [4.78, 5) is 41.1. The number of hydrogen-bond donors (Lipinski definition) is 0. The average Bonchev–Trinajstić information content (AvgIpc) is 3.04. The van der Waals surface area contributed by atoms with Crippen LogP contribution in [0.3, 0.4) is 0 Å². The van der Waals surface area contributed by atoms with Crippen LogP contribution >= 0.6 is 0 Å². The Bertz CT molecular complexity index is 731. The molecule has 0 aromatic heterocycles. The number of carbonyl (C=O) groups is 3. The highest BCUT2D eigenvalue weighted by atomic mass is 16.5. The van der Waals surface area contributed by atoms with Crippen LogP contribution in [0.2, 0.25) is 0 Å². The van der Waals surface area contributed by atoms with E-state index in [1.807, 2.05) is 23.1 Å². The minimum atomic E-state index is -0.672. The topological polar surface area (TPSA) is 66.9 Å². The van der Waals surface area contributed by atoms with Crippen LogP contribution in [0.5, 0.6) is 0 Å². The molecular formula is C18H20N2O4. The van der Waals surface area contributed by atoms with Gasteiger partial charge in [-0.05, 0) is 24.5 Å². The van der Waals surface area contributed by atoms with Gasteiger partial charge in [-0.1, -0.05) is 24.3 Å². The fourth-order valence-corrected chi connectivity index (χ4v) is 4.57. The van der Waals surface area contributed by atoms with Gasteiger partial charge in [0.1, 0.15) is 6.04 Å². The standard InChI is InChI=1S/C18H20N2O4/c1-3-24-18(23)15-13-12(16(21)19(2)17(13)22)14-11-7-5-4-6-10(11)8-9-20(14)15/h4-7,12-15H,3,8-9H2,1-2H3/t12-,13+,14+,15-/m1/s1. The van der Waals surface area contributed by atoms with Gasteiger partial charge in [0.15, 0.2) is 0 Å². The van der Waals surface area contributed by atoms with Crippen molar-refractivity contribution in [2.75, 3.05) is 20.2 Å². The van der Waals surface area contributed by atoms with Crippen LogP contribution < -0.4 is 0 Å². The van der Waals surface area contributed by atoms with Crippen molar-refractivity contribution in [1.29, 1.82) is 0 Å². The molecule has 6 heteroatoms. The molecule has 2 saturated heterocycles. The maximum Gasteiger partial charge on any atom is 0.324 e. The van der Waals surface area contributed by atoms with Gasteiger partial charge < -0.3 is 4.74 Å². The highest BCUT2D eigenvalue weighted by Crippen LogP contribution is 2.52.